The van der Waals surface area contributed by atoms with Crippen molar-refractivity contribution in [2.75, 3.05) is 13.2 Å². The van der Waals surface area contributed by atoms with Gasteiger partial charge in [0.1, 0.15) is 6.61 Å². The zero-order valence-corrected chi connectivity index (χ0v) is 12.1. The van der Waals surface area contributed by atoms with Gasteiger partial charge in [0.2, 0.25) is 0 Å². The van der Waals surface area contributed by atoms with E-state index in [9.17, 15) is 4.79 Å². The molecule has 6 nitrogen and oxygen atoms in total. The predicted octanol–water partition coefficient (Wildman–Crippen LogP) is 2.59. The summed E-state index contributed by atoms with van der Waals surface area (Å²) < 4.78 is 21.2. The highest BCUT2D eigenvalue weighted by Gasteiger charge is 2.21. The first-order chi connectivity index (χ1) is 10.8. The van der Waals surface area contributed by atoms with Gasteiger partial charge >= 0.3 is 5.97 Å². The van der Waals surface area contributed by atoms with Crippen molar-refractivity contribution in [3.05, 3.63) is 47.4 Å². The van der Waals surface area contributed by atoms with Gasteiger partial charge in [0.25, 0.3) is 0 Å². The Bertz CT molecular complexity index is 691. The predicted molar refractivity (Wildman–Crippen MR) is 77.4 cm³/mol. The maximum Gasteiger partial charge on any atom is 0.337 e. The fraction of sp³-hybridized carbons (Fsp3) is 0.250. The Kier molecular flexibility index (Phi) is 4.09. The molecule has 0 saturated carbocycles. The number of fused-ring (bicyclic) bond motifs is 1. The topological polar surface area (TPSA) is 70.8 Å². The lowest BCUT2D eigenvalue weighted by Crippen LogP contribution is -2.17. The maximum atomic E-state index is 12.0. The van der Waals surface area contributed by atoms with Crippen LogP contribution in [0.3, 0.4) is 0 Å². The van der Waals surface area contributed by atoms with E-state index in [0.29, 0.717) is 29.4 Å². The van der Waals surface area contributed by atoms with Crippen molar-refractivity contribution in [1.29, 1.82) is 0 Å². The second-order valence-corrected chi connectivity index (χ2v) is 4.62. The zero-order valence-electron chi connectivity index (χ0n) is 12.1. The third-order valence-electron chi connectivity index (χ3n) is 3.11. The summed E-state index contributed by atoms with van der Waals surface area (Å²) in [5.74, 6) is 1.37. The first-order valence-electron chi connectivity index (χ1n) is 6.94. The largest absolute Gasteiger partial charge is 0.490 e. The molecule has 0 aliphatic carbocycles. The molecule has 0 bridgehead atoms. The Morgan fingerprint density at radius 2 is 2.27 bits per heavy atom. The van der Waals surface area contributed by atoms with Crippen molar-refractivity contribution in [2.45, 2.75) is 13.5 Å². The van der Waals surface area contributed by atoms with Crippen molar-refractivity contribution in [2.24, 2.45) is 0 Å². The number of carbonyl (C=O) groups excluding carboxylic acids is 1. The van der Waals surface area contributed by atoms with Crippen molar-refractivity contribution >= 4 is 12.0 Å². The van der Waals surface area contributed by atoms with Gasteiger partial charge in [-0.05, 0) is 19.1 Å². The number of aromatic nitrogens is 1. The molecule has 0 spiro atoms. The van der Waals surface area contributed by atoms with Gasteiger partial charge in [0.05, 0.1) is 18.4 Å². The number of rotatable bonds is 5. The van der Waals surface area contributed by atoms with E-state index in [2.05, 4.69) is 5.16 Å². The van der Waals surface area contributed by atoms with Crippen molar-refractivity contribution in [1.82, 2.24) is 5.16 Å². The summed E-state index contributed by atoms with van der Waals surface area (Å²) in [6.45, 7) is 2.65. The standard InChI is InChI=1S/C16H15NO5/c1-2-19-14-5-3-4-11-8-12(9-20-15(11)14)16(18)21-10-13-6-7-17-22-13/h3-8H,2,9-10H2,1H3. The van der Waals surface area contributed by atoms with E-state index in [1.54, 1.807) is 12.1 Å². The first-order valence-corrected chi connectivity index (χ1v) is 6.94. The van der Waals surface area contributed by atoms with Crippen LogP contribution in [0.15, 0.2) is 40.6 Å². The Balaban J connectivity index is 1.73. The minimum atomic E-state index is -0.441. The van der Waals surface area contributed by atoms with E-state index < -0.39 is 5.97 Å². The molecule has 3 rings (SSSR count). The highest BCUT2D eigenvalue weighted by atomic mass is 16.6. The van der Waals surface area contributed by atoms with E-state index in [4.69, 9.17) is 18.7 Å². The fourth-order valence-corrected chi connectivity index (χ4v) is 2.11. The molecule has 0 saturated heterocycles. The summed E-state index contributed by atoms with van der Waals surface area (Å²) in [5, 5.41) is 3.55. The van der Waals surface area contributed by atoms with Crippen molar-refractivity contribution < 1.29 is 23.5 Å². The van der Waals surface area contributed by atoms with Crippen LogP contribution >= 0.6 is 0 Å². The van der Waals surface area contributed by atoms with Crippen LogP contribution in [0.4, 0.5) is 0 Å². The van der Waals surface area contributed by atoms with Crippen LogP contribution in [0, 0.1) is 0 Å². The van der Waals surface area contributed by atoms with E-state index in [0.717, 1.165) is 5.56 Å². The van der Waals surface area contributed by atoms with Crippen LogP contribution in [0.1, 0.15) is 18.2 Å². The number of esters is 1. The van der Waals surface area contributed by atoms with Crippen LogP contribution in [0.2, 0.25) is 0 Å². The molecule has 0 radical (unpaired) electrons. The highest BCUT2D eigenvalue weighted by Crippen LogP contribution is 2.35. The second-order valence-electron chi connectivity index (χ2n) is 4.62. The Labute approximate surface area is 127 Å². The van der Waals surface area contributed by atoms with Gasteiger partial charge in [0, 0.05) is 11.6 Å². The smallest absolute Gasteiger partial charge is 0.337 e. The molecule has 1 aliphatic rings. The summed E-state index contributed by atoms with van der Waals surface area (Å²) >= 11 is 0. The van der Waals surface area contributed by atoms with E-state index in [-0.39, 0.29) is 13.2 Å². The lowest BCUT2D eigenvalue weighted by atomic mass is 10.1. The number of hydrogen-bond donors (Lipinski definition) is 0. The number of carbonyl (C=O) groups is 1. The highest BCUT2D eigenvalue weighted by molar-refractivity contribution is 5.95. The Morgan fingerprint density at radius 3 is 3.05 bits per heavy atom. The normalized spacial score (nSPS) is 12.9. The molecular weight excluding hydrogens is 286 g/mol. The van der Waals surface area contributed by atoms with Crippen LogP contribution in [0.5, 0.6) is 11.5 Å². The molecule has 0 amide bonds. The molecule has 22 heavy (non-hydrogen) atoms. The van der Waals surface area contributed by atoms with Crippen LogP contribution in [-0.2, 0) is 16.1 Å². The van der Waals surface area contributed by atoms with Crippen LogP contribution in [0.25, 0.3) is 6.08 Å². The molecule has 2 heterocycles. The maximum absolute atomic E-state index is 12.0. The van der Waals surface area contributed by atoms with E-state index in [1.165, 1.54) is 6.20 Å². The second kappa shape index (κ2) is 6.34. The molecule has 0 atom stereocenters. The minimum absolute atomic E-state index is 0.0437. The molecule has 1 aromatic carbocycles. The van der Waals surface area contributed by atoms with Gasteiger partial charge in [-0.2, -0.15) is 0 Å². The van der Waals surface area contributed by atoms with E-state index >= 15 is 0 Å². The van der Waals surface area contributed by atoms with E-state index in [1.807, 2.05) is 25.1 Å². The third kappa shape index (κ3) is 2.95. The SMILES string of the molecule is CCOc1cccc2c1OCC(C(=O)OCc1ccno1)=C2. The number of para-hydroxylation sites is 1. The number of ether oxygens (including phenoxy) is 3. The van der Waals surface area contributed by atoms with Gasteiger partial charge < -0.3 is 18.7 Å². The van der Waals surface area contributed by atoms with Crippen molar-refractivity contribution in [3.8, 4) is 11.5 Å². The minimum Gasteiger partial charge on any atom is -0.490 e. The molecule has 0 fully saturated rings. The average molecular weight is 301 g/mol. The zero-order chi connectivity index (χ0) is 15.4. The van der Waals surface area contributed by atoms with Gasteiger partial charge in [-0.1, -0.05) is 17.3 Å². The molecule has 0 N–H and O–H groups in total. The van der Waals surface area contributed by atoms with Gasteiger partial charge in [-0.25, -0.2) is 4.79 Å². The molecule has 1 aliphatic heterocycles. The Morgan fingerprint density at radius 1 is 1.36 bits per heavy atom. The first kappa shape index (κ1) is 14.2. The lowest BCUT2D eigenvalue weighted by molar-refractivity contribution is -0.141. The summed E-state index contributed by atoms with van der Waals surface area (Å²) in [6.07, 6.45) is 3.25. The monoisotopic (exact) mass is 301 g/mol. The lowest BCUT2D eigenvalue weighted by Gasteiger charge is -2.19. The summed E-state index contributed by atoms with van der Waals surface area (Å²) in [4.78, 5) is 12.0. The fourth-order valence-electron chi connectivity index (χ4n) is 2.11. The van der Waals surface area contributed by atoms with Gasteiger partial charge in [-0.15, -0.1) is 0 Å². The third-order valence-corrected chi connectivity index (χ3v) is 3.11. The van der Waals surface area contributed by atoms with Gasteiger partial charge in [-0.3, -0.25) is 0 Å². The summed E-state index contributed by atoms with van der Waals surface area (Å²) in [5.41, 5.74) is 1.24. The quantitative estimate of drug-likeness (QED) is 0.791. The average Bonchev–Trinajstić information content (AvgIpc) is 3.06. The molecule has 2 aromatic rings. The number of nitrogens with zero attached hydrogens (tertiary/aromatic N) is 1. The number of hydrogen-bond acceptors (Lipinski definition) is 6. The Hall–Kier alpha value is -2.76. The number of benzene rings is 1. The molecular formula is C16H15NO5. The molecule has 1 aromatic heterocycles. The summed E-state index contributed by atoms with van der Waals surface area (Å²) in [7, 11) is 0. The molecule has 114 valence electrons. The van der Waals surface area contributed by atoms with Crippen LogP contribution < -0.4 is 9.47 Å². The van der Waals surface area contributed by atoms with Crippen molar-refractivity contribution in [3.63, 3.8) is 0 Å². The van der Waals surface area contributed by atoms with Crippen LogP contribution in [-0.4, -0.2) is 24.3 Å². The molecule has 6 heteroatoms. The molecule has 0 unspecified atom stereocenters. The van der Waals surface area contributed by atoms with Gasteiger partial charge in [0.15, 0.2) is 23.9 Å². The summed E-state index contributed by atoms with van der Waals surface area (Å²) in [6, 6.07) is 7.19.